The molecule has 0 saturated carbocycles. The lowest BCUT2D eigenvalue weighted by Gasteiger charge is -2.30. The molecule has 1 aliphatic rings. The lowest BCUT2D eigenvalue weighted by molar-refractivity contribution is 0.123. The first-order valence-corrected chi connectivity index (χ1v) is 8.19. The van der Waals surface area contributed by atoms with Gasteiger partial charge in [0.15, 0.2) is 5.96 Å². The number of nitrogens with zero attached hydrogens (tertiary/aromatic N) is 2. The van der Waals surface area contributed by atoms with Gasteiger partial charge in [-0.2, -0.15) is 0 Å². The fourth-order valence-corrected chi connectivity index (χ4v) is 2.53. The quantitative estimate of drug-likeness (QED) is 0.498. The molecule has 2 N–H and O–H groups in total. The highest BCUT2D eigenvalue weighted by Gasteiger charge is 2.16. The van der Waals surface area contributed by atoms with Gasteiger partial charge in [0.2, 0.25) is 0 Å². The third-order valence-corrected chi connectivity index (χ3v) is 3.85. The minimum Gasteiger partial charge on any atom is -0.378 e. The molecule has 0 aliphatic carbocycles. The molecule has 5 nitrogen and oxygen atoms in total. The number of hydrogen-bond donors (Lipinski definition) is 2. The molecule has 2 rings (SSSR count). The molecule has 1 fully saturated rings. The van der Waals surface area contributed by atoms with Gasteiger partial charge in [0.25, 0.3) is 0 Å². The van der Waals surface area contributed by atoms with Gasteiger partial charge < -0.3 is 20.3 Å². The first kappa shape index (κ1) is 16.6. The van der Waals surface area contributed by atoms with Crippen LogP contribution < -0.4 is 15.5 Å². The number of unbranched alkanes of at least 4 members (excludes halogenated alkanes) is 1. The molecule has 1 aliphatic heterocycles. The third kappa shape index (κ3) is 4.37. The van der Waals surface area contributed by atoms with Crippen LogP contribution in [0.2, 0.25) is 0 Å². The second-order valence-electron chi connectivity index (χ2n) is 5.53. The molecule has 1 aromatic carbocycles. The number of guanidine groups is 1. The zero-order valence-corrected chi connectivity index (χ0v) is 14.0. The molecule has 5 heteroatoms. The Bertz CT molecular complexity index is 495. The van der Waals surface area contributed by atoms with E-state index in [1.54, 1.807) is 0 Å². The highest BCUT2D eigenvalue weighted by Crippen LogP contribution is 2.32. The van der Waals surface area contributed by atoms with Crippen molar-refractivity contribution in [2.75, 3.05) is 44.8 Å². The van der Waals surface area contributed by atoms with Crippen molar-refractivity contribution in [3.05, 3.63) is 23.8 Å². The summed E-state index contributed by atoms with van der Waals surface area (Å²) in [5, 5.41) is 6.53. The van der Waals surface area contributed by atoms with E-state index in [-0.39, 0.29) is 0 Å². The zero-order chi connectivity index (χ0) is 15.8. The molecule has 122 valence electrons. The van der Waals surface area contributed by atoms with Crippen LogP contribution in [0.3, 0.4) is 0 Å². The van der Waals surface area contributed by atoms with Crippen molar-refractivity contribution in [1.82, 2.24) is 10.6 Å². The predicted octanol–water partition coefficient (Wildman–Crippen LogP) is 2.43. The Morgan fingerprint density at radius 2 is 2.09 bits per heavy atom. The molecular weight excluding hydrogens is 276 g/mol. The SMILES string of the molecule is CCCCN/C(=N\c1c(C)cccc1N1CCOCC1)NC. The van der Waals surface area contributed by atoms with E-state index >= 15 is 0 Å². The number of rotatable bonds is 5. The Morgan fingerprint density at radius 3 is 2.77 bits per heavy atom. The lowest BCUT2D eigenvalue weighted by Crippen LogP contribution is -2.37. The smallest absolute Gasteiger partial charge is 0.196 e. The van der Waals surface area contributed by atoms with Gasteiger partial charge >= 0.3 is 0 Å². The van der Waals surface area contributed by atoms with Crippen molar-refractivity contribution in [1.29, 1.82) is 0 Å². The fourth-order valence-electron chi connectivity index (χ4n) is 2.53. The van der Waals surface area contributed by atoms with Crippen LogP contribution in [0.1, 0.15) is 25.3 Å². The van der Waals surface area contributed by atoms with Crippen LogP contribution in [0.15, 0.2) is 23.2 Å². The number of ether oxygens (including phenoxy) is 1. The van der Waals surface area contributed by atoms with Crippen LogP contribution in [-0.2, 0) is 4.74 Å². The van der Waals surface area contributed by atoms with Gasteiger partial charge in [-0.05, 0) is 25.0 Å². The lowest BCUT2D eigenvalue weighted by atomic mass is 10.1. The minimum absolute atomic E-state index is 0.782. The van der Waals surface area contributed by atoms with Crippen molar-refractivity contribution < 1.29 is 4.74 Å². The van der Waals surface area contributed by atoms with E-state index < -0.39 is 0 Å². The van der Waals surface area contributed by atoms with E-state index in [1.165, 1.54) is 17.7 Å². The Kier molecular flexibility index (Phi) is 6.52. The van der Waals surface area contributed by atoms with Crippen molar-refractivity contribution in [3.63, 3.8) is 0 Å². The van der Waals surface area contributed by atoms with Crippen molar-refractivity contribution in [3.8, 4) is 0 Å². The van der Waals surface area contributed by atoms with Gasteiger partial charge in [-0.3, -0.25) is 0 Å². The Balaban J connectivity index is 2.23. The topological polar surface area (TPSA) is 48.9 Å². The van der Waals surface area contributed by atoms with E-state index in [2.05, 4.69) is 47.6 Å². The van der Waals surface area contributed by atoms with Crippen molar-refractivity contribution in [2.24, 2.45) is 4.99 Å². The van der Waals surface area contributed by atoms with Crippen LogP contribution in [0.5, 0.6) is 0 Å². The number of aryl methyl sites for hydroxylation is 1. The fraction of sp³-hybridized carbons (Fsp3) is 0.588. The van der Waals surface area contributed by atoms with E-state index in [0.29, 0.717) is 0 Å². The maximum absolute atomic E-state index is 5.46. The number of para-hydroxylation sites is 1. The molecule has 0 atom stereocenters. The third-order valence-electron chi connectivity index (χ3n) is 3.85. The summed E-state index contributed by atoms with van der Waals surface area (Å²) in [5.41, 5.74) is 3.42. The minimum atomic E-state index is 0.782. The summed E-state index contributed by atoms with van der Waals surface area (Å²) < 4.78 is 5.46. The second-order valence-corrected chi connectivity index (χ2v) is 5.53. The van der Waals surface area contributed by atoms with Crippen LogP contribution in [-0.4, -0.2) is 45.9 Å². The monoisotopic (exact) mass is 304 g/mol. The number of anilines is 1. The molecule has 1 aromatic rings. The number of aliphatic imine (C=N–C) groups is 1. The van der Waals surface area contributed by atoms with Gasteiger partial charge in [0, 0.05) is 26.7 Å². The summed E-state index contributed by atoms with van der Waals surface area (Å²) in [6.45, 7) is 8.65. The largest absolute Gasteiger partial charge is 0.378 e. The maximum Gasteiger partial charge on any atom is 0.196 e. The first-order valence-electron chi connectivity index (χ1n) is 8.19. The summed E-state index contributed by atoms with van der Waals surface area (Å²) in [6.07, 6.45) is 2.32. The number of morpholine rings is 1. The number of benzene rings is 1. The molecule has 22 heavy (non-hydrogen) atoms. The highest BCUT2D eigenvalue weighted by molar-refractivity contribution is 5.86. The summed E-state index contributed by atoms with van der Waals surface area (Å²) >= 11 is 0. The molecule has 0 spiro atoms. The average molecular weight is 304 g/mol. The van der Waals surface area contributed by atoms with Crippen molar-refractivity contribution >= 4 is 17.3 Å². The summed E-state index contributed by atoms with van der Waals surface area (Å²) in [4.78, 5) is 7.19. The first-order chi connectivity index (χ1) is 10.8. The summed E-state index contributed by atoms with van der Waals surface area (Å²) in [7, 11) is 1.91. The second kappa shape index (κ2) is 8.63. The van der Waals surface area contributed by atoms with Crippen LogP contribution >= 0.6 is 0 Å². The van der Waals surface area contributed by atoms with Gasteiger partial charge in [-0.25, -0.2) is 4.99 Å². The number of hydrogen-bond acceptors (Lipinski definition) is 3. The molecular formula is C17H28N4O. The van der Waals surface area contributed by atoms with Crippen LogP contribution in [0, 0.1) is 6.92 Å². The van der Waals surface area contributed by atoms with Crippen LogP contribution in [0.25, 0.3) is 0 Å². The zero-order valence-electron chi connectivity index (χ0n) is 14.0. The Labute approximate surface area is 133 Å². The van der Waals surface area contributed by atoms with E-state index in [0.717, 1.165) is 50.9 Å². The van der Waals surface area contributed by atoms with Gasteiger partial charge in [0.05, 0.1) is 24.6 Å². The molecule has 0 amide bonds. The number of nitrogens with one attached hydrogen (secondary N) is 2. The standard InChI is InChI=1S/C17H28N4O/c1-4-5-9-19-17(18-3)20-16-14(2)7-6-8-15(16)21-10-12-22-13-11-21/h6-8H,4-5,9-13H2,1-3H3,(H2,18,19,20). The molecule has 0 radical (unpaired) electrons. The summed E-state index contributed by atoms with van der Waals surface area (Å²) in [5.74, 6) is 0.831. The highest BCUT2D eigenvalue weighted by atomic mass is 16.5. The summed E-state index contributed by atoms with van der Waals surface area (Å²) in [6, 6.07) is 6.36. The molecule has 0 aromatic heterocycles. The van der Waals surface area contributed by atoms with E-state index in [9.17, 15) is 0 Å². The Morgan fingerprint density at radius 1 is 1.32 bits per heavy atom. The van der Waals surface area contributed by atoms with Crippen molar-refractivity contribution in [2.45, 2.75) is 26.7 Å². The normalized spacial score (nSPS) is 15.8. The maximum atomic E-state index is 5.46. The van der Waals surface area contributed by atoms with Crippen LogP contribution in [0.4, 0.5) is 11.4 Å². The van der Waals surface area contributed by atoms with E-state index in [1.807, 2.05) is 7.05 Å². The van der Waals surface area contributed by atoms with Gasteiger partial charge in [-0.15, -0.1) is 0 Å². The predicted molar refractivity (Wildman–Crippen MR) is 93.3 cm³/mol. The molecule has 1 heterocycles. The molecule has 0 bridgehead atoms. The van der Waals surface area contributed by atoms with Gasteiger partial charge in [0.1, 0.15) is 0 Å². The average Bonchev–Trinajstić information content (AvgIpc) is 2.56. The molecule has 0 unspecified atom stereocenters. The van der Waals surface area contributed by atoms with Gasteiger partial charge in [-0.1, -0.05) is 25.5 Å². The van der Waals surface area contributed by atoms with E-state index in [4.69, 9.17) is 9.73 Å². The molecule has 1 saturated heterocycles. The Hall–Kier alpha value is -1.75.